The van der Waals surface area contributed by atoms with Crippen LogP contribution in [0, 0.1) is 0 Å². The average molecular weight is 439 g/mol. The van der Waals surface area contributed by atoms with Crippen molar-refractivity contribution < 1.29 is 9.32 Å². The number of aryl methyl sites for hydroxylation is 1. The van der Waals surface area contributed by atoms with Gasteiger partial charge in [0.25, 0.3) is 11.3 Å². The summed E-state index contributed by atoms with van der Waals surface area (Å²) in [4.78, 5) is 29.2. The van der Waals surface area contributed by atoms with Gasteiger partial charge in [-0.25, -0.2) is 4.98 Å². The first kappa shape index (κ1) is 18.1. The Morgan fingerprint density at radius 2 is 1.86 bits per heavy atom. The molecule has 0 spiro atoms. The van der Waals surface area contributed by atoms with Gasteiger partial charge in [-0.3, -0.25) is 14.2 Å². The third-order valence-corrected chi connectivity index (χ3v) is 4.75. The summed E-state index contributed by atoms with van der Waals surface area (Å²) >= 11 is 3.35. The molecule has 0 saturated heterocycles. The fraction of sp³-hybridized carbons (Fsp3) is 0.100. The Hall–Kier alpha value is -3.26. The number of rotatable bonds is 5. The highest BCUT2D eigenvalue weighted by Crippen LogP contribution is 2.23. The van der Waals surface area contributed by atoms with E-state index in [0.717, 1.165) is 10.0 Å². The second-order valence-electron chi connectivity index (χ2n) is 6.13. The van der Waals surface area contributed by atoms with Crippen LogP contribution >= 0.6 is 15.9 Å². The highest BCUT2D eigenvalue weighted by molar-refractivity contribution is 9.10. The maximum absolute atomic E-state index is 12.9. The number of hydrogen-bond acceptors (Lipinski definition) is 5. The first-order valence-corrected chi connectivity index (χ1v) is 9.37. The number of fused-ring (bicyclic) bond motifs is 1. The van der Waals surface area contributed by atoms with Gasteiger partial charge in [0.05, 0.1) is 0 Å². The number of anilines is 1. The second kappa shape index (κ2) is 7.77. The van der Waals surface area contributed by atoms with Crippen LogP contribution in [0.3, 0.4) is 0 Å². The van der Waals surface area contributed by atoms with Gasteiger partial charge in [0.1, 0.15) is 17.4 Å². The molecule has 0 unspecified atom stereocenters. The molecule has 0 bridgehead atoms. The summed E-state index contributed by atoms with van der Waals surface area (Å²) in [6.07, 6.45) is 1.51. The zero-order chi connectivity index (χ0) is 19.5. The number of amides is 1. The van der Waals surface area contributed by atoms with Crippen LogP contribution in [0.4, 0.5) is 5.69 Å². The molecule has 140 valence electrons. The van der Waals surface area contributed by atoms with Crippen LogP contribution in [0.1, 0.15) is 6.42 Å². The van der Waals surface area contributed by atoms with Gasteiger partial charge in [-0.2, -0.15) is 0 Å². The summed E-state index contributed by atoms with van der Waals surface area (Å²) in [6.45, 7) is 0.198. The molecular formula is C20H15BrN4O3. The number of carbonyl (C=O) groups is 1. The van der Waals surface area contributed by atoms with E-state index in [1.165, 1.54) is 10.9 Å². The lowest BCUT2D eigenvalue weighted by Crippen LogP contribution is -2.23. The van der Waals surface area contributed by atoms with Gasteiger partial charge in [-0.1, -0.05) is 51.4 Å². The van der Waals surface area contributed by atoms with E-state index in [1.54, 1.807) is 12.1 Å². The summed E-state index contributed by atoms with van der Waals surface area (Å²) in [5.41, 5.74) is 1.80. The summed E-state index contributed by atoms with van der Waals surface area (Å²) in [5, 5.41) is 7.10. The first-order chi connectivity index (χ1) is 13.6. The summed E-state index contributed by atoms with van der Waals surface area (Å²) in [7, 11) is 0. The Morgan fingerprint density at radius 3 is 2.61 bits per heavy atom. The number of hydrogen-bond donors (Lipinski definition) is 1. The van der Waals surface area contributed by atoms with Crippen molar-refractivity contribution in [1.82, 2.24) is 14.7 Å². The van der Waals surface area contributed by atoms with Crippen LogP contribution in [-0.2, 0) is 11.3 Å². The molecule has 28 heavy (non-hydrogen) atoms. The molecule has 0 aliphatic carbocycles. The van der Waals surface area contributed by atoms with Gasteiger partial charge in [-0.05, 0) is 24.3 Å². The largest absolute Gasteiger partial charge is 0.335 e. The first-order valence-electron chi connectivity index (χ1n) is 8.57. The van der Waals surface area contributed by atoms with Crippen molar-refractivity contribution in [1.29, 1.82) is 0 Å². The lowest BCUT2D eigenvalue weighted by molar-refractivity contribution is -0.116. The molecule has 0 radical (unpaired) electrons. The van der Waals surface area contributed by atoms with Crippen LogP contribution in [0.15, 0.2) is 74.7 Å². The van der Waals surface area contributed by atoms with E-state index in [-0.39, 0.29) is 30.1 Å². The Bertz CT molecular complexity index is 1180. The summed E-state index contributed by atoms with van der Waals surface area (Å²) < 4.78 is 7.52. The van der Waals surface area contributed by atoms with E-state index in [2.05, 4.69) is 31.4 Å². The van der Waals surface area contributed by atoms with Gasteiger partial charge in [-0.15, -0.1) is 0 Å². The van der Waals surface area contributed by atoms with Crippen molar-refractivity contribution in [2.45, 2.75) is 13.0 Å². The average Bonchev–Trinajstić information content (AvgIpc) is 3.15. The van der Waals surface area contributed by atoms with Crippen LogP contribution < -0.4 is 10.9 Å². The predicted molar refractivity (Wildman–Crippen MR) is 109 cm³/mol. The Balaban J connectivity index is 1.54. The Labute approximate surface area is 168 Å². The lowest BCUT2D eigenvalue weighted by atomic mass is 10.1. The quantitative estimate of drug-likeness (QED) is 0.511. The SMILES string of the molecule is O=C(CCn1cnc2onc(-c3ccccc3)c2c1=O)Nc1ccc(Br)cc1. The number of aromatic nitrogens is 3. The fourth-order valence-electron chi connectivity index (χ4n) is 2.81. The number of nitrogens with one attached hydrogen (secondary N) is 1. The number of halogens is 1. The van der Waals surface area contributed by atoms with Gasteiger partial charge >= 0.3 is 0 Å². The molecule has 1 N–H and O–H groups in total. The van der Waals surface area contributed by atoms with Crippen molar-refractivity contribution in [2.75, 3.05) is 5.32 Å². The minimum absolute atomic E-state index is 0.134. The molecule has 4 rings (SSSR count). The molecule has 2 aromatic heterocycles. The molecular weight excluding hydrogens is 424 g/mol. The van der Waals surface area contributed by atoms with Crippen molar-refractivity contribution in [3.63, 3.8) is 0 Å². The molecule has 2 aromatic carbocycles. The standard InChI is InChI=1S/C20H15BrN4O3/c21-14-6-8-15(9-7-14)23-16(26)10-11-25-12-22-19-17(20(25)27)18(24-28-19)13-4-2-1-3-5-13/h1-9,12H,10-11H2,(H,23,26). The number of nitrogens with zero attached hydrogens (tertiary/aromatic N) is 3. The summed E-state index contributed by atoms with van der Waals surface area (Å²) in [5.74, 6) is -0.192. The topological polar surface area (TPSA) is 90.0 Å². The van der Waals surface area contributed by atoms with E-state index < -0.39 is 0 Å². The zero-order valence-corrected chi connectivity index (χ0v) is 16.2. The van der Waals surface area contributed by atoms with E-state index in [0.29, 0.717) is 16.8 Å². The molecule has 7 nitrogen and oxygen atoms in total. The monoisotopic (exact) mass is 438 g/mol. The minimum atomic E-state index is -0.290. The van der Waals surface area contributed by atoms with Crippen molar-refractivity contribution in [3.05, 3.63) is 75.8 Å². The number of carbonyl (C=O) groups excluding carboxylic acids is 1. The van der Waals surface area contributed by atoms with E-state index in [1.807, 2.05) is 42.5 Å². The van der Waals surface area contributed by atoms with Crippen LogP contribution in [0.2, 0.25) is 0 Å². The maximum atomic E-state index is 12.9. The van der Waals surface area contributed by atoms with Crippen LogP contribution in [0.5, 0.6) is 0 Å². The molecule has 0 aliphatic rings. The highest BCUT2D eigenvalue weighted by atomic mass is 79.9. The Morgan fingerprint density at radius 1 is 1.11 bits per heavy atom. The van der Waals surface area contributed by atoms with Crippen molar-refractivity contribution in [2.24, 2.45) is 0 Å². The van der Waals surface area contributed by atoms with E-state index >= 15 is 0 Å². The highest BCUT2D eigenvalue weighted by Gasteiger charge is 2.17. The van der Waals surface area contributed by atoms with Crippen LogP contribution in [0.25, 0.3) is 22.4 Å². The zero-order valence-electron chi connectivity index (χ0n) is 14.6. The molecule has 1 amide bonds. The van der Waals surface area contributed by atoms with Gasteiger partial charge in [0.2, 0.25) is 5.91 Å². The predicted octanol–water partition coefficient (Wildman–Crippen LogP) is 3.84. The second-order valence-corrected chi connectivity index (χ2v) is 7.04. The van der Waals surface area contributed by atoms with Gasteiger partial charge in [0.15, 0.2) is 0 Å². The van der Waals surface area contributed by atoms with Crippen LogP contribution in [-0.4, -0.2) is 20.6 Å². The van der Waals surface area contributed by atoms with E-state index in [4.69, 9.17) is 4.52 Å². The minimum Gasteiger partial charge on any atom is -0.335 e. The number of benzene rings is 2. The normalized spacial score (nSPS) is 10.9. The van der Waals surface area contributed by atoms with E-state index in [9.17, 15) is 9.59 Å². The molecule has 0 aliphatic heterocycles. The fourth-order valence-corrected chi connectivity index (χ4v) is 3.08. The summed E-state index contributed by atoms with van der Waals surface area (Å²) in [6, 6.07) is 16.6. The maximum Gasteiger partial charge on any atom is 0.266 e. The third kappa shape index (κ3) is 3.72. The molecule has 4 aromatic rings. The molecule has 0 fully saturated rings. The molecule has 2 heterocycles. The lowest BCUT2D eigenvalue weighted by Gasteiger charge is -2.07. The Kier molecular flexibility index (Phi) is 5.03. The smallest absolute Gasteiger partial charge is 0.266 e. The van der Waals surface area contributed by atoms with Gasteiger partial charge in [0, 0.05) is 28.7 Å². The van der Waals surface area contributed by atoms with Crippen molar-refractivity contribution >= 4 is 38.6 Å². The molecule has 8 heteroatoms. The molecule has 0 saturated carbocycles. The van der Waals surface area contributed by atoms with Gasteiger partial charge < -0.3 is 9.84 Å². The third-order valence-electron chi connectivity index (χ3n) is 4.22. The van der Waals surface area contributed by atoms with Crippen molar-refractivity contribution in [3.8, 4) is 11.3 Å². The molecule has 0 atom stereocenters.